The number of aliphatic imine (C=N–C) groups is 1. The molecule has 4 nitrogen and oxygen atoms in total. The van der Waals surface area contributed by atoms with Crippen molar-refractivity contribution in [2.45, 2.75) is 19.9 Å². The molecular formula is C18H24IN3O. The van der Waals surface area contributed by atoms with Crippen molar-refractivity contribution in [3.05, 3.63) is 72.2 Å². The molecule has 0 bridgehead atoms. The first-order valence-electron chi connectivity index (χ1n) is 7.49. The van der Waals surface area contributed by atoms with Gasteiger partial charge in [0.1, 0.15) is 5.76 Å². The number of halogens is 1. The SMILES string of the molecule is C=CCNC(=NCc1ccccc1C)NCCc1ccco1.I. The molecule has 0 unspecified atom stereocenters. The minimum Gasteiger partial charge on any atom is -0.469 e. The Balaban J connectivity index is 0.00000264. The molecule has 23 heavy (non-hydrogen) atoms. The van der Waals surface area contributed by atoms with Gasteiger partial charge < -0.3 is 15.1 Å². The van der Waals surface area contributed by atoms with Crippen LogP contribution >= 0.6 is 24.0 Å². The summed E-state index contributed by atoms with van der Waals surface area (Å²) in [5.41, 5.74) is 2.48. The highest BCUT2D eigenvalue weighted by molar-refractivity contribution is 14.0. The van der Waals surface area contributed by atoms with E-state index in [2.05, 4.69) is 41.3 Å². The second-order valence-corrected chi connectivity index (χ2v) is 5.02. The van der Waals surface area contributed by atoms with Crippen molar-refractivity contribution < 1.29 is 4.42 Å². The largest absolute Gasteiger partial charge is 0.469 e. The van der Waals surface area contributed by atoms with Crippen LogP contribution in [0, 0.1) is 6.92 Å². The van der Waals surface area contributed by atoms with Crippen LogP contribution in [0.3, 0.4) is 0 Å². The summed E-state index contributed by atoms with van der Waals surface area (Å²) in [5, 5.41) is 6.54. The van der Waals surface area contributed by atoms with Crippen LogP contribution in [-0.2, 0) is 13.0 Å². The molecule has 1 heterocycles. The fourth-order valence-corrected chi connectivity index (χ4v) is 2.05. The molecular weight excluding hydrogens is 401 g/mol. The van der Waals surface area contributed by atoms with Gasteiger partial charge in [-0.05, 0) is 30.2 Å². The van der Waals surface area contributed by atoms with Crippen LogP contribution in [0.5, 0.6) is 0 Å². The molecule has 1 aromatic heterocycles. The maximum Gasteiger partial charge on any atom is 0.191 e. The molecule has 0 saturated heterocycles. The third-order valence-electron chi connectivity index (χ3n) is 3.33. The molecule has 0 fully saturated rings. The molecule has 0 atom stereocenters. The van der Waals surface area contributed by atoms with Crippen molar-refractivity contribution in [3.63, 3.8) is 0 Å². The summed E-state index contributed by atoms with van der Waals surface area (Å²) in [7, 11) is 0. The number of nitrogens with zero attached hydrogens (tertiary/aromatic N) is 1. The summed E-state index contributed by atoms with van der Waals surface area (Å²) >= 11 is 0. The van der Waals surface area contributed by atoms with Gasteiger partial charge in [0.05, 0.1) is 12.8 Å². The number of guanidine groups is 1. The van der Waals surface area contributed by atoms with Crippen molar-refractivity contribution in [1.29, 1.82) is 0 Å². The highest BCUT2D eigenvalue weighted by Gasteiger charge is 2.01. The fraction of sp³-hybridized carbons (Fsp3) is 0.278. The van der Waals surface area contributed by atoms with Gasteiger partial charge in [-0.2, -0.15) is 0 Å². The van der Waals surface area contributed by atoms with E-state index in [1.54, 1.807) is 6.26 Å². The highest BCUT2D eigenvalue weighted by Crippen LogP contribution is 2.07. The average Bonchev–Trinajstić information content (AvgIpc) is 3.04. The Hall–Kier alpha value is -1.76. The number of benzene rings is 1. The van der Waals surface area contributed by atoms with E-state index < -0.39 is 0 Å². The Kier molecular flexibility index (Phi) is 9.12. The lowest BCUT2D eigenvalue weighted by Gasteiger charge is -2.11. The fourth-order valence-electron chi connectivity index (χ4n) is 2.05. The van der Waals surface area contributed by atoms with Crippen LogP contribution in [0.25, 0.3) is 0 Å². The highest BCUT2D eigenvalue weighted by atomic mass is 127. The molecule has 1 aromatic carbocycles. The number of furan rings is 1. The topological polar surface area (TPSA) is 49.6 Å². The molecule has 0 aliphatic carbocycles. The molecule has 0 aliphatic rings. The predicted molar refractivity (Wildman–Crippen MR) is 106 cm³/mol. The Morgan fingerprint density at radius 3 is 2.74 bits per heavy atom. The van der Waals surface area contributed by atoms with E-state index in [-0.39, 0.29) is 24.0 Å². The van der Waals surface area contributed by atoms with Crippen molar-refractivity contribution in [2.24, 2.45) is 4.99 Å². The van der Waals surface area contributed by atoms with Gasteiger partial charge in [0, 0.05) is 19.5 Å². The Labute approximate surface area is 155 Å². The van der Waals surface area contributed by atoms with Crippen LogP contribution in [0.15, 0.2) is 64.7 Å². The van der Waals surface area contributed by atoms with Crippen LogP contribution < -0.4 is 10.6 Å². The van der Waals surface area contributed by atoms with Gasteiger partial charge >= 0.3 is 0 Å². The van der Waals surface area contributed by atoms with Crippen molar-refractivity contribution in [1.82, 2.24) is 10.6 Å². The summed E-state index contributed by atoms with van der Waals surface area (Å²) in [6.07, 6.45) is 4.34. The van der Waals surface area contributed by atoms with Gasteiger partial charge in [-0.1, -0.05) is 30.3 Å². The Morgan fingerprint density at radius 1 is 1.22 bits per heavy atom. The number of hydrogen-bond donors (Lipinski definition) is 2. The van der Waals surface area contributed by atoms with Crippen molar-refractivity contribution in [2.75, 3.05) is 13.1 Å². The predicted octanol–water partition coefficient (Wildman–Crippen LogP) is 3.67. The van der Waals surface area contributed by atoms with E-state index in [1.807, 2.05) is 30.3 Å². The molecule has 0 saturated carbocycles. The summed E-state index contributed by atoms with van der Waals surface area (Å²) in [4.78, 5) is 4.63. The Morgan fingerprint density at radius 2 is 2.04 bits per heavy atom. The molecule has 0 amide bonds. The third kappa shape index (κ3) is 6.90. The smallest absolute Gasteiger partial charge is 0.191 e. The second kappa shape index (κ2) is 10.9. The Bertz CT molecular complexity index is 608. The normalized spacial score (nSPS) is 10.7. The minimum absolute atomic E-state index is 0. The first-order chi connectivity index (χ1) is 10.8. The second-order valence-electron chi connectivity index (χ2n) is 5.02. The lowest BCUT2D eigenvalue weighted by atomic mass is 10.1. The quantitative estimate of drug-likeness (QED) is 0.308. The van der Waals surface area contributed by atoms with Gasteiger partial charge in [0.25, 0.3) is 0 Å². The van der Waals surface area contributed by atoms with E-state index in [4.69, 9.17) is 4.42 Å². The molecule has 2 rings (SSSR count). The lowest BCUT2D eigenvalue weighted by molar-refractivity contribution is 0.507. The molecule has 124 valence electrons. The van der Waals surface area contributed by atoms with Crippen molar-refractivity contribution in [3.8, 4) is 0 Å². The summed E-state index contributed by atoms with van der Waals surface area (Å²) in [6.45, 7) is 7.93. The first kappa shape index (κ1) is 19.3. The summed E-state index contributed by atoms with van der Waals surface area (Å²) in [6, 6.07) is 12.2. The summed E-state index contributed by atoms with van der Waals surface area (Å²) < 4.78 is 5.33. The first-order valence-corrected chi connectivity index (χ1v) is 7.49. The number of rotatable bonds is 7. The number of nitrogens with one attached hydrogen (secondary N) is 2. The molecule has 2 N–H and O–H groups in total. The van der Waals surface area contributed by atoms with E-state index in [9.17, 15) is 0 Å². The monoisotopic (exact) mass is 425 g/mol. The lowest BCUT2D eigenvalue weighted by Crippen LogP contribution is -2.38. The number of hydrogen-bond acceptors (Lipinski definition) is 2. The van der Waals surface area contributed by atoms with Crippen LogP contribution in [0.2, 0.25) is 0 Å². The maximum absolute atomic E-state index is 5.33. The third-order valence-corrected chi connectivity index (χ3v) is 3.33. The van der Waals surface area contributed by atoms with E-state index in [0.29, 0.717) is 13.1 Å². The molecule has 0 spiro atoms. The molecule has 0 aliphatic heterocycles. The molecule has 5 heteroatoms. The van der Waals surface area contributed by atoms with Gasteiger partial charge in [-0.25, -0.2) is 4.99 Å². The average molecular weight is 425 g/mol. The molecule has 0 radical (unpaired) electrons. The van der Waals surface area contributed by atoms with Crippen LogP contribution in [0.4, 0.5) is 0 Å². The van der Waals surface area contributed by atoms with Crippen molar-refractivity contribution >= 4 is 29.9 Å². The van der Waals surface area contributed by atoms with Crippen LogP contribution in [0.1, 0.15) is 16.9 Å². The van der Waals surface area contributed by atoms with Gasteiger partial charge in [0.2, 0.25) is 0 Å². The molecule has 2 aromatic rings. The zero-order valence-corrected chi connectivity index (χ0v) is 15.7. The van der Waals surface area contributed by atoms with E-state index in [1.165, 1.54) is 11.1 Å². The van der Waals surface area contributed by atoms with Gasteiger partial charge in [-0.15, -0.1) is 30.6 Å². The van der Waals surface area contributed by atoms with E-state index >= 15 is 0 Å². The maximum atomic E-state index is 5.33. The number of aryl methyl sites for hydroxylation is 1. The zero-order chi connectivity index (χ0) is 15.6. The standard InChI is InChI=1S/C18H23N3O.HI/c1-3-11-19-18(20-12-10-17-9-6-13-22-17)21-14-16-8-5-4-7-15(16)2;/h3-9,13H,1,10-12,14H2,2H3,(H2,19,20,21);1H. The minimum atomic E-state index is 0. The zero-order valence-electron chi connectivity index (χ0n) is 13.4. The van der Waals surface area contributed by atoms with E-state index in [0.717, 1.165) is 24.7 Å². The van der Waals surface area contributed by atoms with Gasteiger partial charge in [-0.3, -0.25) is 0 Å². The summed E-state index contributed by atoms with van der Waals surface area (Å²) in [5.74, 6) is 1.75. The van der Waals surface area contributed by atoms with Crippen LogP contribution in [-0.4, -0.2) is 19.0 Å². The van der Waals surface area contributed by atoms with Gasteiger partial charge in [0.15, 0.2) is 5.96 Å².